The number of piperazine rings is 1. The van der Waals surface area contributed by atoms with Gasteiger partial charge in [-0.2, -0.15) is 0 Å². The van der Waals surface area contributed by atoms with Crippen LogP contribution in [0, 0.1) is 5.92 Å². The van der Waals surface area contributed by atoms with Crippen LogP contribution in [0.4, 0.5) is 0 Å². The molecule has 12 heteroatoms. The fourth-order valence-electron chi connectivity index (χ4n) is 7.77. The maximum Gasteiger partial charge on any atom is 0.264 e. The van der Waals surface area contributed by atoms with Crippen LogP contribution in [0.25, 0.3) is 22.2 Å². The fraction of sp³-hybridized carbons (Fsp3) is 0.500. The van der Waals surface area contributed by atoms with Crippen LogP contribution >= 0.6 is 0 Å². The Morgan fingerprint density at radius 2 is 1.70 bits per heavy atom. The highest BCUT2D eigenvalue weighted by Gasteiger charge is 2.50. The van der Waals surface area contributed by atoms with E-state index < -0.39 is 28.7 Å². The highest BCUT2D eigenvalue weighted by atomic mass is 32.2. The molecule has 3 N–H and O–H groups in total. The first-order valence-electron chi connectivity index (χ1n) is 16.2. The fourth-order valence-corrected chi connectivity index (χ4v) is 8.04. The average Bonchev–Trinajstić information content (AvgIpc) is 3.78. The Balaban J connectivity index is 1.31. The number of nitrogens with one attached hydrogen (secondary N) is 1. The molecule has 11 nitrogen and oxygen atoms in total. The van der Waals surface area contributed by atoms with Gasteiger partial charge in [-0.1, -0.05) is 25.3 Å². The molecule has 3 heterocycles. The van der Waals surface area contributed by atoms with Crippen molar-refractivity contribution in [3.8, 4) is 17.0 Å². The first-order valence-corrected chi connectivity index (χ1v) is 17.3. The molecule has 1 saturated heterocycles. The largest absolute Gasteiger partial charge is 0.497 e. The molecule has 0 bridgehead atoms. The number of ether oxygens (including phenoxy) is 1. The van der Waals surface area contributed by atoms with Gasteiger partial charge in [0.15, 0.2) is 0 Å². The van der Waals surface area contributed by atoms with Crippen molar-refractivity contribution in [3.63, 3.8) is 0 Å². The van der Waals surface area contributed by atoms with Crippen LogP contribution < -0.4 is 9.46 Å². The normalized spacial score (nSPS) is 21.6. The maximum absolute atomic E-state index is 14.3. The molecule has 1 aromatic heterocycles. The van der Waals surface area contributed by atoms with Crippen LogP contribution in [0.5, 0.6) is 5.75 Å². The van der Waals surface area contributed by atoms with Crippen molar-refractivity contribution < 1.29 is 33.0 Å². The number of methoxy groups -OCH3 is 1. The number of nitrogens with zero attached hydrogens (tertiary/aromatic N) is 3. The summed E-state index contributed by atoms with van der Waals surface area (Å²) in [6.45, 7) is 1.97. The highest BCUT2D eigenvalue weighted by Crippen LogP contribution is 2.47. The first-order chi connectivity index (χ1) is 22.2. The molecule has 4 aliphatic rings. The third-order valence-corrected chi connectivity index (χ3v) is 10.7. The van der Waals surface area contributed by atoms with Crippen molar-refractivity contribution in [3.05, 3.63) is 53.1 Å². The molecule has 3 amide bonds. The van der Waals surface area contributed by atoms with Gasteiger partial charge in [-0.05, 0) is 79.5 Å². The van der Waals surface area contributed by atoms with Crippen LogP contribution in [-0.4, -0.2) is 84.8 Å². The van der Waals surface area contributed by atoms with E-state index in [9.17, 15) is 28.3 Å². The number of aliphatic hydroxyl groups is 1. The third-order valence-electron chi connectivity index (χ3n) is 10.3. The van der Waals surface area contributed by atoms with E-state index in [1.807, 2.05) is 23.1 Å². The molecule has 2 aliphatic carbocycles. The van der Waals surface area contributed by atoms with Crippen LogP contribution in [0.2, 0.25) is 0 Å². The summed E-state index contributed by atoms with van der Waals surface area (Å²) < 4.78 is 30.6. The monoisotopic (exact) mass is 648 g/mol. The van der Waals surface area contributed by atoms with Crippen LogP contribution in [-0.2, 0) is 33.8 Å². The summed E-state index contributed by atoms with van der Waals surface area (Å²) in [6, 6.07) is 11.5. The van der Waals surface area contributed by atoms with E-state index in [-0.39, 0.29) is 17.4 Å². The minimum absolute atomic E-state index is 0.00416. The Morgan fingerprint density at radius 1 is 0.978 bits per heavy atom. The summed E-state index contributed by atoms with van der Waals surface area (Å²) >= 11 is -2.50. The van der Waals surface area contributed by atoms with Crippen molar-refractivity contribution in [2.24, 2.45) is 5.92 Å². The molecule has 46 heavy (non-hydrogen) atoms. The Labute approximate surface area is 270 Å². The molecular weight excluding hydrogens is 608 g/mol. The topological polar surface area (TPSA) is 141 Å². The second kappa shape index (κ2) is 12.1. The predicted molar refractivity (Wildman–Crippen MR) is 173 cm³/mol. The van der Waals surface area contributed by atoms with E-state index in [1.165, 1.54) is 12.0 Å². The molecule has 0 spiro atoms. The summed E-state index contributed by atoms with van der Waals surface area (Å²) in [5.41, 5.74) is 4.23. The molecular formula is C34H40N4O7S. The summed E-state index contributed by atoms with van der Waals surface area (Å²) in [7, 11) is 1.64. The summed E-state index contributed by atoms with van der Waals surface area (Å²) in [5, 5.41) is 11.4. The van der Waals surface area contributed by atoms with Gasteiger partial charge in [0.2, 0.25) is 5.91 Å². The predicted octanol–water partition coefficient (Wildman–Crippen LogP) is 3.60. The van der Waals surface area contributed by atoms with Gasteiger partial charge in [0.25, 0.3) is 23.1 Å². The van der Waals surface area contributed by atoms with Crippen LogP contribution in [0.15, 0.2) is 36.4 Å². The molecule has 3 fully saturated rings. The van der Waals surface area contributed by atoms with Crippen molar-refractivity contribution in [1.82, 2.24) is 19.1 Å². The van der Waals surface area contributed by atoms with E-state index in [4.69, 9.17) is 4.74 Å². The van der Waals surface area contributed by atoms with Gasteiger partial charge in [0.05, 0.1) is 18.7 Å². The minimum Gasteiger partial charge on any atom is -0.497 e. The van der Waals surface area contributed by atoms with E-state index in [2.05, 4.69) is 15.4 Å². The van der Waals surface area contributed by atoms with Gasteiger partial charge in [-0.25, -0.2) is 8.93 Å². The summed E-state index contributed by atoms with van der Waals surface area (Å²) in [4.78, 5) is 43.4. The lowest BCUT2D eigenvalue weighted by Crippen LogP contribution is -2.54. The zero-order valence-corrected chi connectivity index (χ0v) is 26.8. The number of carbonyl (C=O) groups excluding carboxylic acids is 3. The second-order valence-corrected chi connectivity index (χ2v) is 13.9. The van der Waals surface area contributed by atoms with Gasteiger partial charge in [-0.15, -0.1) is 0 Å². The second-order valence-electron chi connectivity index (χ2n) is 13.2. The van der Waals surface area contributed by atoms with Gasteiger partial charge in [0, 0.05) is 54.8 Å². The van der Waals surface area contributed by atoms with Crippen molar-refractivity contribution >= 4 is 39.9 Å². The molecule has 2 unspecified atom stereocenters. The van der Waals surface area contributed by atoms with Gasteiger partial charge in [-0.3, -0.25) is 18.9 Å². The Hall–Kier alpha value is -3.74. The molecule has 2 aromatic carbocycles. The number of carbonyl (C=O) groups is 3. The van der Waals surface area contributed by atoms with E-state index in [1.54, 1.807) is 24.1 Å². The number of hydrogen-bond donors (Lipinski definition) is 3. The van der Waals surface area contributed by atoms with Crippen molar-refractivity contribution in [2.75, 3.05) is 33.3 Å². The lowest BCUT2D eigenvalue weighted by atomic mass is 9.81. The van der Waals surface area contributed by atoms with Gasteiger partial charge >= 0.3 is 0 Å². The van der Waals surface area contributed by atoms with Crippen molar-refractivity contribution in [2.45, 2.75) is 69.4 Å². The average molecular weight is 649 g/mol. The summed E-state index contributed by atoms with van der Waals surface area (Å²) in [5.74, 6) is -0.254. The van der Waals surface area contributed by atoms with Gasteiger partial charge in [0.1, 0.15) is 11.4 Å². The maximum atomic E-state index is 14.3. The lowest BCUT2D eigenvalue weighted by Gasteiger charge is -2.37. The number of aromatic nitrogens is 1. The lowest BCUT2D eigenvalue weighted by molar-refractivity contribution is -0.148. The van der Waals surface area contributed by atoms with Crippen LogP contribution in [0.1, 0.15) is 72.3 Å². The molecule has 7 rings (SSSR count). The Kier molecular flexibility index (Phi) is 8.14. The van der Waals surface area contributed by atoms with Gasteiger partial charge < -0.3 is 24.2 Å². The molecule has 244 valence electrons. The number of fused-ring (bicyclic) bond motifs is 5. The van der Waals surface area contributed by atoms with Crippen LogP contribution in [0.3, 0.4) is 0 Å². The SMILES string of the molecule is COc1ccc2c(c1)CC(C(=O)N1CCN(C(=O)C3(O)CC3)CC1)Cn1c-2c(C2CCCCC2)c2ccc(C(=O)NS(=O)O)cc21. The number of benzene rings is 2. The number of hydrogen-bond acceptors (Lipinski definition) is 6. The molecule has 0 radical (unpaired) electrons. The van der Waals surface area contributed by atoms with E-state index in [0.29, 0.717) is 57.9 Å². The third kappa shape index (κ3) is 5.60. The zero-order chi connectivity index (χ0) is 32.2. The molecule has 2 aliphatic heterocycles. The highest BCUT2D eigenvalue weighted by molar-refractivity contribution is 7.77. The number of amides is 3. The Morgan fingerprint density at radius 3 is 2.37 bits per heavy atom. The molecule has 2 saturated carbocycles. The quantitative estimate of drug-likeness (QED) is 0.347. The summed E-state index contributed by atoms with van der Waals surface area (Å²) in [6.07, 6.45) is 7.09. The van der Waals surface area contributed by atoms with E-state index in [0.717, 1.165) is 59.2 Å². The molecule has 3 aromatic rings. The molecule has 2 atom stereocenters. The smallest absolute Gasteiger partial charge is 0.264 e. The minimum atomic E-state index is -2.50. The zero-order valence-electron chi connectivity index (χ0n) is 26.0. The standard InChI is InChI=1S/C34H40N4O7S/c1-45-25-8-10-26-23(18-25)17-24(32(40)36-13-15-37(16-14-36)33(41)34(42)11-12-34)20-38-28-19-22(31(39)35-46(43)44)7-9-27(28)29(30(26)38)21-5-3-2-4-6-21/h7-10,18-19,21,24,42H,2-6,11-17,20H2,1H3,(H,35,39)(H,43,44). The van der Waals surface area contributed by atoms with Crippen molar-refractivity contribution in [1.29, 1.82) is 0 Å². The van der Waals surface area contributed by atoms with E-state index >= 15 is 0 Å². The first kappa shape index (κ1) is 30.9. The Bertz CT molecular complexity index is 1730. The number of rotatable bonds is 6.